The molecule has 4 aromatic rings. The summed E-state index contributed by atoms with van der Waals surface area (Å²) in [7, 11) is 3.55. The maximum absolute atomic E-state index is 14.8. The molecule has 10 nitrogen and oxygen atoms in total. The molecule has 1 aliphatic carbocycles. The first kappa shape index (κ1) is 30.1. The smallest absolute Gasteiger partial charge is 0.381 e. The van der Waals surface area contributed by atoms with E-state index >= 15 is 0 Å². The van der Waals surface area contributed by atoms with Gasteiger partial charge in [-0.3, -0.25) is 4.79 Å². The molecule has 236 valence electrons. The second-order valence-corrected chi connectivity index (χ2v) is 11.7. The van der Waals surface area contributed by atoms with Crippen molar-refractivity contribution in [3.63, 3.8) is 0 Å². The zero-order valence-electron chi connectivity index (χ0n) is 24.5. The fourth-order valence-electron chi connectivity index (χ4n) is 6.23. The number of amides is 1. The van der Waals surface area contributed by atoms with E-state index in [-0.39, 0.29) is 48.6 Å². The third-order valence-corrected chi connectivity index (χ3v) is 8.55. The van der Waals surface area contributed by atoms with Gasteiger partial charge in [-0.25, -0.2) is 4.39 Å². The molecule has 0 spiro atoms. The molecule has 2 N–H and O–H groups in total. The molecule has 4 heterocycles. The molecular formula is C30H35F4N7O3. The van der Waals surface area contributed by atoms with Crippen LogP contribution >= 0.6 is 0 Å². The molecule has 0 unspecified atom stereocenters. The van der Waals surface area contributed by atoms with Gasteiger partial charge in [-0.1, -0.05) is 11.2 Å². The Labute approximate surface area is 251 Å². The number of benzene rings is 1. The molecule has 4 atom stereocenters. The average molecular weight is 618 g/mol. The number of likely N-dealkylation sites (tertiary alicyclic amines) is 1. The lowest BCUT2D eigenvalue weighted by atomic mass is 10.0. The molecule has 44 heavy (non-hydrogen) atoms. The second kappa shape index (κ2) is 12.2. The number of ether oxygens (including phenoxy) is 1. The first-order valence-corrected chi connectivity index (χ1v) is 14.7. The standard InChI is InChI=1S/C30H35F4N7O3/c1-39-10-9-24(22(31)16-39)36-23-4-3-5-25-21(23)13-26(41(25)17-30(32,33)34)28-37-27(44-38-28)14-35-29(42)18-8-11-40(15-18)19-6-7-20(12-19)43-2/h3-5,8,11,13,15,19-20,22,24,36H,6-7,9-10,12,14,16-17H2,1-2H3,(H,35,42)/t19-,20-,22-,24+/m0/s1. The number of hydrogen-bond acceptors (Lipinski definition) is 7. The number of aromatic nitrogens is 4. The van der Waals surface area contributed by atoms with Gasteiger partial charge >= 0.3 is 6.18 Å². The van der Waals surface area contributed by atoms with Crippen LogP contribution in [-0.4, -0.2) is 81.8 Å². The van der Waals surface area contributed by atoms with Crippen LogP contribution < -0.4 is 10.6 Å². The largest absolute Gasteiger partial charge is 0.406 e. The number of carbonyl (C=O) groups is 1. The fourth-order valence-corrected chi connectivity index (χ4v) is 6.23. The third-order valence-electron chi connectivity index (χ3n) is 8.55. The third kappa shape index (κ3) is 6.46. The van der Waals surface area contributed by atoms with Crippen molar-refractivity contribution in [1.29, 1.82) is 0 Å². The van der Waals surface area contributed by atoms with Crippen LogP contribution in [0.5, 0.6) is 0 Å². The number of anilines is 1. The highest BCUT2D eigenvalue weighted by atomic mass is 19.4. The maximum atomic E-state index is 14.8. The van der Waals surface area contributed by atoms with Crippen LogP contribution in [0.1, 0.15) is 48.0 Å². The summed E-state index contributed by atoms with van der Waals surface area (Å²) in [5.41, 5.74) is 1.39. The zero-order valence-corrected chi connectivity index (χ0v) is 24.5. The highest BCUT2D eigenvalue weighted by molar-refractivity contribution is 5.96. The summed E-state index contributed by atoms with van der Waals surface area (Å²) in [6.07, 6.45) is 1.60. The van der Waals surface area contributed by atoms with Gasteiger partial charge in [0, 0.05) is 49.7 Å². The molecule has 1 aromatic carbocycles. The van der Waals surface area contributed by atoms with E-state index in [0.717, 1.165) is 23.8 Å². The number of rotatable bonds is 9. The van der Waals surface area contributed by atoms with Crippen molar-refractivity contribution < 1.29 is 31.6 Å². The average Bonchev–Trinajstić information content (AvgIpc) is 3.79. The van der Waals surface area contributed by atoms with Crippen molar-refractivity contribution in [1.82, 2.24) is 29.5 Å². The Morgan fingerprint density at radius 2 is 2.05 bits per heavy atom. The Bertz CT molecular complexity index is 1610. The minimum atomic E-state index is -4.53. The van der Waals surface area contributed by atoms with Crippen molar-refractivity contribution in [2.75, 3.05) is 32.6 Å². The molecule has 2 aliphatic rings. The minimum Gasteiger partial charge on any atom is -0.381 e. The van der Waals surface area contributed by atoms with E-state index in [1.165, 1.54) is 0 Å². The van der Waals surface area contributed by atoms with Crippen LogP contribution in [0.25, 0.3) is 22.4 Å². The molecule has 6 rings (SSSR count). The van der Waals surface area contributed by atoms with E-state index in [4.69, 9.17) is 9.26 Å². The van der Waals surface area contributed by atoms with Crippen LogP contribution in [-0.2, 0) is 17.8 Å². The Morgan fingerprint density at radius 3 is 2.80 bits per heavy atom. The van der Waals surface area contributed by atoms with Crippen molar-refractivity contribution in [2.24, 2.45) is 0 Å². The van der Waals surface area contributed by atoms with Gasteiger partial charge in [0.1, 0.15) is 12.7 Å². The molecule has 3 aromatic heterocycles. The summed E-state index contributed by atoms with van der Waals surface area (Å²) in [5, 5.41) is 10.4. The quantitative estimate of drug-likeness (QED) is 0.250. The van der Waals surface area contributed by atoms with Crippen LogP contribution in [0.3, 0.4) is 0 Å². The number of alkyl halides is 4. The molecule has 0 radical (unpaired) electrons. The first-order chi connectivity index (χ1) is 21.1. The van der Waals surface area contributed by atoms with E-state index in [9.17, 15) is 22.4 Å². The van der Waals surface area contributed by atoms with Crippen LogP contribution in [0, 0.1) is 0 Å². The molecule has 0 bridgehead atoms. The van der Waals surface area contributed by atoms with E-state index in [1.54, 1.807) is 43.6 Å². The van der Waals surface area contributed by atoms with Gasteiger partial charge in [-0.2, -0.15) is 18.2 Å². The van der Waals surface area contributed by atoms with Crippen molar-refractivity contribution in [3.8, 4) is 11.5 Å². The lowest BCUT2D eigenvalue weighted by molar-refractivity contribution is -0.139. The zero-order chi connectivity index (χ0) is 31.0. The number of nitrogens with one attached hydrogen (secondary N) is 2. The minimum absolute atomic E-state index is 0.0419. The van der Waals surface area contributed by atoms with Gasteiger partial charge in [-0.15, -0.1) is 0 Å². The molecule has 1 amide bonds. The number of methoxy groups -OCH3 is 1. The molecule has 14 heteroatoms. The highest BCUT2D eigenvalue weighted by Crippen LogP contribution is 2.35. The summed E-state index contributed by atoms with van der Waals surface area (Å²) >= 11 is 0. The number of hydrogen-bond donors (Lipinski definition) is 2. The summed E-state index contributed by atoms with van der Waals surface area (Å²) in [6.45, 7) is -0.402. The predicted molar refractivity (Wildman–Crippen MR) is 155 cm³/mol. The van der Waals surface area contributed by atoms with Crippen LogP contribution in [0.4, 0.5) is 23.2 Å². The van der Waals surface area contributed by atoms with E-state index in [1.807, 2.05) is 22.7 Å². The molecule has 1 aliphatic heterocycles. The van der Waals surface area contributed by atoms with Gasteiger partial charge < -0.3 is 33.9 Å². The van der Waals surface area contributed by atoms with E-state index in [2.05, 4.69) is 20.8 Å². The van der Waals surface area contributed by atoms with Gasteiger partial charge in [-0.05, 0) is 57.0 Å². The van der Waals surface area contributed by atoms with Crippen LogP contribution in [0.15, 0.2) is 47.2 Å². The van der Waals surface area contributed by atoms with Gasteiger partial charge in [0.25, 0.3) is 5.91 Å². The molecular weight excluding hydrogens is 582 g/mol. The van der Waals surface area contributed by atoms with Gasteiger partial charge in [0.15, 0.2) is 0 Å². The van der Waals surface area contributed by atoms with Crippen molar-refractivity contribution in [2.45, 2.75) is 69.3 Å². The number of halogens is 4. The second-order valence-electron chi connectivity index (χ2n) is 11.7. The summed E-state index contributed by atoms with van der Waals surface area (Å²) in [5.74, 6) is -0.351. The molecule has 2 fully saturated rings. The summed E-state index contributed by atoms with van der Waals surface area (Å²) in [6, 6.07) is 8.02. The topological polar surface area (TPSA) is 102 Å². The molecule has 1 saturated carbocycles. The Morgan fingerprint density at radius 1 is 1.20 bits per heavy atom. The number of piperidine rings is 1. The van der Waals surface area contributed by atoms with Crippen molar-refractivity contribution in [3.05, 3.63) is 54.2 Å². The summed E-state index contributed by atoms with van der Waals surface area (Å²) < 4.78 is 69.7. The van der Waals surface area contributed by atoms with E-state index < -0.39 is 24.9 Å². The SMILES string of the molecule is CO[C@H]1CC[C@H](n2ccc(C(=O)NCc3nc(-c4cc5c(N[C@@H]6CCN(C)C[C@@H]6F)cccc5n4CC(F)(F)F)no3)c2)C1. The van der Waals surface area contributed by atoms with Gasteiger partial charge in [0.2, 0.25) is 11.7 Å². The monoisotopic (exact) mass is 617 g/mol. The maximum Gasteiger partial charge on any atom is 0.406 e. The fraction of sp³-hybridized carbons (Fsp3) is 0.500. The Kier molecular flexibility index (Phi) is 8.38. The highest BCUT2D eigenvalue weighted by Gasteiger charge is 2.32. The van der Waals surface area contributed by atoms with Crippen LogP contribution in [0.2, 0.25) is 0 Å². The van der Waals surface area contributed by atoms with Crippen molar-refractivity contribution >= 4 is 22.5 Å². The number of nitrogens with zero attached hydrogens (tertiary/aromatic N) is 5. The van der Waals surface area contributed by atoms with Gasteiger partial charge in [0.05, 0.1) is 35.5 Å². The lowest BCUT2D eigenvalue weighted by Crippen LogP contribution is -2.46. The van der Waals surface area contributed by atoms with E-state index in [0.29, 0.717) is 35.1 Å². The Hall–Kier alpha value is -3.91. The number of fused-ring (bicyclic) bond motifs is 1. The predicted octanol–water partition coefficient (Wildman–Crippen LogP) is 5.18. The lowest BCUT2D eigenvalue weighted by Gasteiger charge is -2.33. The Balaban J connectivity index is 1.20. The molecule has 1 saturated heterocycles. The summed E-state index contributed by atoms with van der Waals surface area (Å²) in [4.78, 5) is 19.0. The number of carbonyl (C=O) groups excluding carboxylic acids is 1. The normalized spacial score (nSPS) is 23.0. The first-order valence-electron chi connectivity index (χ1n) is 14.7.